The van der Waals surface area contributed by atoms with Gasteiger partial charge in [-0.1, -0.05) is 13.8 Å². The standard InChI is InChI=1S/C7H5NO2.C2H6/c9-7-6-3-8-2-1-5(6)4-10-7;1-2/h1-3H,4H2;1-2H3. The Hall–Kier alpha value is -1.38. The van der Waals surface area contributed by atoms with Gasteiger partial charge in [-0.15, -0.1) is 0 Å². The lowest BCUT2D eigenvalue weighted by molar-refractivity contribution is 0.0535. The van der Waals surface area contributed by atoms with Crippen LogP contribution in [0.4, 0.5) is 0 Å². The second-order valence-corrected chi connectivity index (χ2v) is 2.11. The summed E-state index contributed by atoms with van der Waals surface area (Å²) in [7, 11) is 0. The van der Waals surface area contributed by atoms with Crippen molar-refractivity contribution in [2.75, 3.05) is 0 Å². The maximum absolute atomic E-state index is 10.8. The van der Waals surface area contributed by atoms with Gasteiger partial charge in [0.2, 0.25) is 0 Å². The third-order valence-electron chi connectivity index (χ3n) is 1.49. The fourth-order valence-corrected chi connectivity index (χ4v) is 0.954. The highest BCUT2D eigenvalue weighted by atomic mass is 16.5. The third kappa shape index (κ3) is 1.44. The fraction of sp³-hybridized carbons (Fsp3) is 0.333. The zero-order valence-electron chi connectivity index (χ0n) is 7.20. The van der Waals surface area contributed by atoms with Crippen LogP contribution >= 0.6 is 0 Å². The molecule has 1 aromatic rings. The molecule has 64 valence electrons. The molecule has 2 heterocycles. The number of fused-ring (bicyclic) bond motifs is 1. The van der Waals surface area contributed by atoms with Gasteiger partial charge in [0.05, 0.1) is 5.56 Å². The van der Waals surface area contributed by atoms with Gasteiger partial charge in [-0.3, -0.25) is 4.98 Å². The Kier molecular flexibility index (Phi) is 2.80. The van der Waals surface area contributed by atoms with Gasteiger partial charge in [-0.25, -0.2) is 4.79 Å². The summed E-state index contributed by atoms with van der Waals surface area (Å²) in [6.45, 7) is 4.40. The summed E-state index contributed by atoms with van der Waals surface area (Å²) < 4.78 is 4.74. The van der Waals surface area contributed by atoms with Crippen LogP contribution in [0, 0.1) is 0 Å². The Morgan fingerprint density at radius 1 is 1.50 bits per heavy atom. The highest BCUT2D eigenvalue weighted by Gasteiger charge is 2.19. The first kappa shape index (κ1) is 8.71. The molecule has 0 unspecified atom stereocenters. The number of aromatic nitrogens is 1. The lowest BCUT2D eigenvalue weighted by Crippen LogP contribution is -1.93. The zero-order chi connectivity index (χ0) is 8.97. The Morgan fingerprint density at radius 3 is 2.92 bits per heavy atom. The van der Waals surface area contributed by atoms with Gasteiger partial charge in [-0.2, -0.15) is 0 Å². The lowest BCUT2D eigenvalue weighted by atomic mass is 10.2. The predicted molar refractivity (Wildman–Crippen MR) is 44.7 cm³/mol. The van der Waals surface area contributed by atoms with Gasteiger partial charge in [0.25, 0.3) is 0 Å². The number of esters is 1. The number of carbonyl (C=O) groups is 1. The van der Waals surface area contributed by atoms with E-state index in [9.17, 15) is 4.79 Å². The van der Waals surface area contributed by atoms with E-state index in [4.69, 9.17) is 4.74 Å². The third-order valence-corrected chi connectivity index (χ3v) is 1.49. The molecule has 0 saturated carbocycles. The van der Waals surface area contributed by atoms with Gasteiger partial charge >= 0.3 is 5.97 Å². The number of pyridine rings is 1. The predicted octanol–water partition coefficient (Wildman–Crippen LogP) is 1.78. The van der Waals surface area contributed by atoms with Crippen LogP contribution in [0.2, 0.25) is 0 Å². The van der Waals surface area contributed by atoms with Crippen molar-refractivity contribution in [1.29, 1.82) is 0 Å². The second kappa shape index (κ2) is 3.85. The molecule has 12 heavy (non-hydrogen) atoms. The van der Waals surface area contributed by atoms with Crippen molar-refractivity contribution in [1.82, 2.24) is 4.98 Å². The Balaban J connectivity index is 0.000000336. The van der Waals surface area contributed by atoms with Crippen molar-refractivity contribution in [2.45, 2.75) is 20.5 Å². The van der Waals surface area contributed by atoms with Crippen molar-refractivity contribution >= 4 is 5.97 Å². The van der Waals surface area contributed by atoms with Crippen molar-refractivity contribution < 1.29 is 9.53 Å². The molecule has 0 spiro atoms. The molecule has 0 radical (unpaired) electrons. The number of nitrogens with zero attached hydrogens (tertiary/aromatic N) is 1. The minimum Gasteiger partial charge on any atom is -0.457 e. The highest BCUT2D eigenvalue weighted by molar-refractivity contribution is 5.92. The summed E-state index contributed by atoms with van der Waals surface area (Å²) in [5, 5.41) is 0. The van der Waals surface area contributed by atoms with E-state index >= 15 is 0 Å². The molecule has 1 aliphatic heterocycles. The van der Waals surface area contributed by atoms with Crippen LogP contribution in [0.3, 0.4) is 0 Å². The Bertz CT molecular complexity index is 284. The summed E-state index contributed by atoms with van der Waals surface area (Å²) >= 11 is 0. The van der Waals surface area contributed by atoms with Crippen LogP contribution in [0.25, 0.3) is 0 Å². The fourth-order valence-electron chi connectivity index (χ4n) is 0.954. The average Bonchev–Trinajstić information content (AvgIpc) is 2.53. The Labute approximate surface area is 71.4 Å². The van der Waals surface area contributed by atoms with Crippen molar-refractivity contribution in [3.8, 4) is 0 Å². The van der Waals surface area contributed by atoms with E-state index in [2.05, 4.69) is 4.98 Å². The quantitative estimate of drug-likeness (QED) is 0.550. The molecular weight excluding hydrogens is 154 g/mol. The minimum atomic E-state index is -0.261. The summed E-state index contributed by atoms with van der Waals surface area (Å²) in [6, 6.07) is 1.79. The molecule has 0 fully saturated rings. The first-order valence-corrected chi connectivity index (χ1v) is 3.98. The maximum atomic E-state index is 10.8. The number of carbonyl (C=O) groups excluding carboxylic acids is 1. The lowest BCUT2D eigenvalue weighted by Gasteiger charge is -1.87. The number of cyclic esters (lactones) is 1. The molecule has 0 saturated heterocycles. The SMILES string of the molecule is CC.O=C1OCc2ccncc21. The molecule has 1 aliphatic rings. The summed E-state index contributed by atoms with van der Waals surface area (Å²) in [5.74, 6) is -0.261. The first-order valence-electron chi connectivity index (χ1n) is 3.98. The van der Waals surface area contributed by atoms with Gasteiger partial charge in [-0.05, 0) is 6.07 Å². The smallest absolute Gasteiger partial charge is 0.340 e. The van der Waals surface area contributed by atoms with Crippen LogP contribution in [0.15, 0.2) is 18.5 Å². The molecule has 0 aliphatic carbocycles. The van der Waals surface area contributed by atoms with E-state index < -0.39 is 0 Å². The van der Waals surface area contributed by atoms with Crippen LogP contribution in [0.5, 0.6) is 0 Å². The zero-order valence-corrected chi connectivity index (χ0v) is 7.20. The maximum Gasteiger partial charge on any atom is 0.340 e. The summed E-state index contributed by atoms with van der Waals surface area (Å²) in [4.78, 5) is 14.6. The number of hydrogen-bond donors (Lipinski definition) is 0. The molecule has 3 heteroatoms. The molecule has 0 bridgehead atoms. The van der Waals surface area contributed by atoms with Crippen LogP contribution in [0.1, 0.15) is 29.8 Å². The summed E-state index contributed by atoms with van der Waals surface area (Å²) in [5.41, 5.74) is 1.53. The molecule has 3 nitrogen and oxygen atoms in total. The van der Waals surface area contributed by atoms with E-state index in [1.807, 2.05) is 13.8 Å². The number of rotatable bonds is 0. The molecule has 0 N–H and O–H groups in total. The van der Waals surface area contributed by atoms with Crippen LogP contribution < -0.4 is 0 Å². The van der Waals surface area contributed by atoms with E-state index in [1.54, 1.807) is 12.3 Å². The molecule has 2 rings (SSSR count). The minimum absolute atomic E-state index is 0.261. The van der Waals surface area contributed by atoms with E-state index in [1.165, 1.54) is 6.20 Å². The van der Waals surface area contributed by atoms with E-state index in [0.29, 0.717) is 12.2 Å². The molecular formula is C9H11NO2. The monoisotopic (exact) mass is 165 g/mol. The Morgan fingerprint density at radius 2 is 2.25 bits per heavy atom. The van der Waals surface area contributed by atoms with E-state index in [-0.39, 0.29) is 5.97 Å². The molecule has 0 atom stereocenters. The van der Waals surface area contributed by atoms with Gasteiger partial charge in [0.1, 0.15) is 6.61 Å². The van der Waals surface area contributed by atoms with Crippen LogP contribution in [-0.4, -0.2) is 11.0 Å². The largest absolute Gasteiger partial charge is 0.457 e. The van der Waals surface area contributed by atoms with Gasteiger partial charge in [0.15, 0.2) is 0 Å². The topological polar surface area (TPSA) is 39.2 Å². The van der Waals surface area contributed by atoms with Gasteiger partial charge in [0, 0.05) is 18.0 Å². The van der Waals surface area contributed by atoms with Crippen molar-refractivity contribution in [2.24, 2.45) is 0 Å². The number of hydrogen-bond acceptors (Lipinski definition) is 3. The highest BCUT2D eigenvalue weighted by Crippen LogP contribution is 2.16. The van der Waals surface area contributed by atoms with Gasteiger partial charge < -0.3 is 4.74 Å². The number of ether oxygens (including phenoxy) is 1. The second-order valence-electron chi connectivity index (χ2n) is 2.11. The van der Waals surface area contributed by atoms with Crippen LogP contribution in [-0.2, 0) is 11.3 Å². The molecule has 0 amide bonds. The molecule has 1 aromatic heterocycles. The average molecular weight is 165 g/mol. The van der Waals surface area contributed by atoms with Crippen molar-refractivity contribution in [3.63, 3.8) is 0 Å². The first-order chi connectivity index (χ1) is 5.88. The molecule has 0 aromatic carbocycles. The van der Waals surface area contributed by atoms with E-state index in [0.717, 1.165) is 5.56 Å². The summed E-state index contributed by atoms with van der Waals surface area (Å²) in [6.07, 6.45) is 3.19. The normalized spacial score (nSPS) is 12.7. The van der Waals surface area contributed by atoms with Crippen molar-refractivity contribution in [3.05, 3.63) is 29.6 Å².